The predicted molar refractivity (Wildman–Crippen MR) is 107 cm³/mol. The molecule has 0 radical (unpaired) electrons. The van der Waals surface area contributed by atoms with Gasteiger partial charge in [0.25, 0.3) is 0 Å². The summed E-state index contributed by atoms with van der Waals surface area (Å²) in [5, 5.41) is 20.3. The lowest BCUT2D eigenvalue weighted by atomic mass is 9.47. The number of carboxylic acids is 1. The Morgan fingerprint density at radius 2 is 2.04 bits per heavy atom. The van der Waals surface area contributed by atoms with Crippen molar-refractivity contribution in [3.8, 4) is 0 Å². The summed E-state index contributed by atoms with van der Waals surface area (Å²) in [6, 6.07) is 0. The van der Waals surface area contributed by atoms with Gasteiger partial charge >= 0.3 is 5.97 Å². The number of carbonyl (C=O) groups is 2. The number of allylic oxidation sites excluding steroid dienone is 1. The van der Waals surface area contributed by atoms with Crippen LogP contribution in [0.5, 0.6) is 0 Å². The van der Waals surface area contributed by atoms with Crippen LogP contribution < -0.4 is 0 Å². The van der Waals surface area contributed by atoms with Gasteiger partial charge in [0.2, 0.25) is 0 Å². The van der Waals surface area contributed by atoms with E-state index in [2.05, 4.69) is 13.8 Å². The standard InChI is InChI=1S/C22H32O4S/c1-21-8-5-14(23)11-13(21)3-4-15-16(21)6-9-22(2)18(24)12-17(20(15)22)27-10-7-19(25)26/h11,15-18,20,24H,3-10,12H2,1-2H3,(H,25,26)/t15-,16+,17?,18+,20-,21+,22-/m1/s1. The molecule has 4 rings (SSSR count). The second kappa shape index (κ2) is 6.91. The Morgan fingerprint density at radius 1 is 1.26 bits per heavy atom. The first-order valence-electron chi connectivity index (χ1n) is 10.5. The minimum absolute atomic E-state index is 0.0376. The number of aliphatic carboxylic acids is 1. The molecule has 0 saturated heterocycles. The molecule has 1 unspecified atom stereocenters. The predicted octanol–water partition coefficient (Wildman–Crippen LogP) is 4.07. The number of rotatable bonds is 4. The largest absolute Gasteiger partial charge is 0.481 e. The van der Waals surface area contributed by atoms with E-state index in [0.29, 0.717) is 41.0 Å². The van der Waals surface area contributed by atoms with Crippen LogP contribution in [-0.4, -0.2) is 39.1 Å². The highest BCUT2D eigenvalue weighted by Crippen LogP contribution is 2.66. The number of aliphatic hydroxyl groups excluding tert-OH is 1. The lowest BCUT2D eigenvalue weighted by molar-refractivity contribution is -0.136. The fraction of sp³-hybridized carbons (Fsp3) is 0.818. The monoisotopic (exact) mass is 392 g/mol. The van der Waals surface area contributed by atoms with Gasteiger partial charge in [-0.25, -0.2) is 0 Å². The van der Waals surface area contributed by atoms with E-state index in [0.717, 1.165) is 38.5 Å². The van der Waals surface area contributed by atoms with E-state index >= 15 is 0 Å². The van der Waals surface area contributed by atoms with Gasteiger partial charge in [-0.2, -0.15) is 11.8 Å². The Hall–Kier alpha value is -0.810. The van der Waals surface area contributed by atoms with E-state index in [-0.39, 0.29) is 23.4 Å². The van der Waals surface area contributed by atoms with Gasteiger partial charge in [0.15, 0.2) is 5.78 Å². The van der Waals surface area contributed by atoms with Crippen LogP contribution in [0.1, 0.15) is 65.2 Å². The zero-order valence-corrected chi connectivity index (χ0v) is 17.3. The molecule has 0 aromatic rings. The number of carbonyl (C=O) groups excluding carboxylic acids is 1. The molecule has 4 nitrogen and oxygen atoms in total. The Morgan fingerprint density at radius 3 is 2.78 bits per heavy atom. The number of hydrogen-bond acceptors (Lipinski definition) is 4. The summed E-state index contributed by atoms with van der Waals surface area (Å²) in [5.74, 6) is 1.82. The van der Waals surface area contributed by atoms with Crippen LogP contribution in [0.4, 0.5) is 0 Å². The zero-order valence-electron chi connectivity index (χ0n) is 16.4. The molecular weight excluding hydrogens is 360 g/mol. The Bertz CT molecular complexity index is 673. The molecule has 150 valence electrons. The Labute approximate surface area is 166 Å². The molecule has 0 bridgehead atoms. The zero-order chi connectivity index (χ0) is 19.4. The Balaban J connectivity index is 1.60. The summed E-state index contributed by atoms with van der Waals surface area (Å²) in [6.07, 6.45) is 8.62. The fourth-order valence-corrected chi connectivity index (χ4v) is 8.66. The van der Waals surface area contributed by atoms with Crippen molar-refractivity contribution in [2.24, 2.45) is 28.6 Å². The van der Waals surface area contributed by atoms with E-state index < -0.39 is 5.97 Å². The summed E-state index contributed by atoms with van der Waals surface area (Å²) in [4.78, 5) is 22.9. The maximum atomic E-state index is 12.0. The highest BCUT2D eigenvalue weighted by atomic mass is 32.2. The van der Waals surface area contributed by atoms with Crippen molar-refractivity contribution in [2.45, 2.75) is 76.6 Å². The summed E-state index contributed by atoms with van der Waals surface area (Å²) >= 11 is 1.78. The molecule has 3 fully saturated rings. The lowest BCUT2D eigenvalue weighted by Gasteiger charge is -2.58. The van der Waals surface area contributed by atoms with Crippen molar-refractivity contribution in [1.29, 1.82) is 0 Å². The molecule has 3 saturated carbocycles. The van der Waals surface area contributed by atoms with Crippen molar-refractivity contribution in [3.05, 3.63) is 11.6 Å². The van der Waals surface area contributed by atoms with Crippen LogP contribution in [0.2, 0.25) is 0 Å². The molecule has 0 aromatic heterocycles. The van der Waals surface area contributed by atoms with E-state index in [1.165, 1.54) is 5.57 Å². The molecule has 0 heterocycles. The van der Waals surface area contributed by atoms with E-state index in [1.54, 1.807) is 11.8 Å². The highest BCUT2D eigenvalue weighted by Gasteiger charge is 2.61. The summed E-state index contributed by atoms with van der Waals surface area (Å²) in [7, 11) is 0. The highest BCUT2D eigenvalue weighted by molar-refractivity contribution is 7.99. The number of thioether (sulfide) groups is 1. The molecule has 0 aliphatic heterocycles. The van der Waals surface area contributed by atoms with Crippen molar-refractivity contribution in [2.75, 3.05) is 5.75 Å². The number of aliphatic hydroxyl groups is 1. The van der Waals surface area contributed by atoms with Crippen molar-refractivity contribution in [3.63, 3.8) is 0 Å². The lowest BCUT2D eigenvalue weighted by Crippen LogP contribution is -2.52. The van der Waals surface area contributed by atoms with Gasteiger partial charge in [-0.1, -0.05) is 19.4 Å². The van der Waals surface area contributed by atoms with Gasteiger partial charge in [0.05, 0.1) is 12.5 Å². The molecule has 2 N–H and O–H groups in total. The smallest absolute Gasteiger partial charge is 0.304 e. The SMILES string of the molecule is C[C@]12CC[C@H]3[C@@H](CCC4=CC(=O)CC[C@@]43C)[C@@H]1C(SCCC(=O)O)C[C@@H]2O. The molecule has 27 heavy (non-hydrogen) atoms. The van der Waals surface area contributed by atoms with Crippen molar-refractivity contribution >= 4 is 23.5 Å². The number of fused-ring (bicyclic) bond motifs is 5. The van der Waals surface area contributed by atoms with Crippen LogP contribution in [0, 0.1) is 28.6 Å². The van der Waals surface area contributed by atoms with E-state index in [9.17, 15) is 14.7 Å². The van der Waals surface area contributed by atoms with Crippen LogP contribution >= 0.6 is 11.8 Å². The summed E-state index contributed by atoms with van der Waals surface area (Å²) < 4.78 is 0. The number of ketones is 1. The first-order chi connectivity index (χ1) is 12.8. The van der Waals surface area contributed by atoms with Gasteiger partial charge in [-0.15, -0.1) is 0 Å². The third kappa shape index (κ3) is 3.09. The van der Waals surface area contributed by atoms with Crippen LogP contribution in [0.3, 0.4) is 0 Å². The minimum atomic E-state index is -0.739. The average molecular weight is 393 g/mol. The van der Waals surface area contributed by atoms with E-state index in [4.69, 9.17) is 5.11 Å². The number of hydrogen-bond donors (Lipinski definition) is 2. The van der Waals surface area contributed by atoms with Crippen LogP contribution in [0.15, 0.2) is 11.6 Å². The topological polar surface area (TPSA) is 74.6 Å². The number of carboxylic acid groups (broad SMARTS) is 1. The second-order valence-corrected chi connectivity index (χ2v) is 11.1. The first-order valence-corrected chi connectivity index (χ1v) is 11.6. The molecule has 0 amide bonds. The molecule has 0 spiro atoms. The minimum Gasteiger partial charge on any atom is -0.481 e. The molecular formula is C22H32O4S. The third-order valence-corrected chi connectivity index (χ3v) is 9.88. The van der Waals surface area contributed by atoms with Crippen molar-refractivity contribution < 1.29 is 19.8 Å². The molecule has 7 atom stereocenters. The van der Waals surface area contributed by atoms with Gasteiger partial charge in [0.1, 0.15) is 0 Å². The van der Waals surface area contributed by atoms with Gasteiger partial charge in [0, 0.05) is 17.4 Å². The third-order valence-electron chi connectivity index (χ3n) is 8.52. The maximum Gasteiger partial charge on any atom is 0.304 e. The fourth-order valence-electron chi connectivity index (χ4n) is 7.03. The van der Waals surface area contributed by atoms with Gasteiger partial charge < -0.3 is 10.2 Å². The van der Waals surface area contributed by atoms with E-state index in [1.807, 2.05) is 6.08 Å². The average Bonchev–Trinajstić information content (AvgIpc) is 2.86. The molecule has 5 heteroatoms. The second-order valence-electron chi connectivity index (χ2n) is 9.74. The van der Waals surface area contributed by atoms with Gasteiger partial charge in [-0.3, -0.25) is 9.59 Å². The molecule has 4 aliphatic carbocycles. The van der Waals surface area contributed by atoms with Gasteiger partial charge in [-0.05, 0) is 73.2 Å². The summed E-state index contributed by atoms with van der Waals surface area (Å²) in [6.45, 7) is 4.65. The molecule has 0 aromatic carbocycles. The van der Waals surface area contributed by atoms with Crippen molar-refractivity contribution in [1.82, 2.24) is 0 Å². The van der Waals surface area contributed by atoms with Crippen LogP contribution in [0.25, 0.3) is 0 Å². The normalized spacial score (nSPS) is 46.3. The first kappa shape index (κ1) is 19.5. The quantitative estimate of drug-likeness (QED) is 0.754. The Kier molecular flexibility index (Phi) is 4.99. The van der Waals surface area contributed by atoms with Crippen LogP contribution in [-0.2, 0) is 9.59 Å². The maximum absolute atomic E-state index is 12.0. The molecule has 4 aliphatic rings. The summed E-state index contributed by atoms with van der Waals surface area (Å²) in [5.41, 5.74) is 1.48.